The van der Waals surface area contributed by atoms with Crippen molar-refractivity contribution in [3.8, 4) is 0 Å². The molecule has 3 rings (SSSR count). The number of amides is 2. The average Bonchev–Trinajstić information content (AvgIpc) is 2.85. The van der Waals surface area contributed by atoms with E-state index in [0.717, 1.165) is 19.4 Å². The summed E-state index contributed by atoms with van der Waals surface area (Å²) in [5, 5.41) is 18.5. The molecule has 0 bridgehead atoms. The first kappa shape index (κ1) is 12.7. The minimum Gasteiger partial charge on any atom is -0.481 e. The number of fused-ring (bicyclic) bond motifs is 1. The molecule has 6 heteroatoms. The second-order valence-electron chi connectivity index (χ2n) is 6.13. The molecule has 3 atom stereocenters. The zero-order valence-electron chi connectivity index (χ0n) is 10.9. The second kappa shape index (κ2) is 4.67. The van der Waals surface area contributed by atoms with Gasteiger partial charge in [-0.05, 0) is 18.8 Å². The number of carbonyl (C=O) groups excluding carboxylic acids is 1. The Morgan fingerprint density at radius 1 is 1.05 bits per heavy atom. The molecule has 0 spiro atoms. The molecule has 2 heterocycles. The van der Waals surface area contributed by atoms with Crippen LogP contribution in [-0.4, -0.2) is 64.3 Å². The summed E-state index contributed by atoms with van der Waals surface area (Å²) in [6.45, 7) is 2.52. The van der Waals surface area contributed by atoms with Crippen LogP contribution >= 0.6 is 0 Å². The lowest BCUT2D eigenvalue weighted by atomic mass is 9.97. The number of carboxylic acids is 1. The number of carbonyl (C=O) groups is 2. The second-order valence-corrected chi connectivity index (χ2v) is 6.13. The van der Waals surface area contributed by atoms with Gasteiger partial charge < -0.3 is 20.0 Å². The van der Waals surface area contributed by atoms with Gasteiger partial charge in [-0.25, -0.2) is 4.79 Å². The monoisotopic (exact) mass is 268 g/mol. The Hall–Kier alpha value is -1.30. The number of nitrogens with zero attached hydrogens (tertiary/aromatic N) is 2. The predicted octanol–water partition coefficient (Wildman–Crippen LogP) is 0.216. The van der Waals surface area contributed by atoms with Crippen LogP contribution in [0.1, 0.15) is 19.3 Å². The molecule has 2 amide bonds. The smallest absolute Gasteiger partial charge is 0.320 e. The lowest BCUT2D eigenvalue weighted by Gasteiger charge is -2.40. The number of aliphatic hydroxyl groups is 1. The van der Waals surface area contributed by atoms with Crippen LogP contribution in [0.15, 0.2) is 0 Å². The first-order chi connectivity index (χ1) is 9.04. The van der Waals surface area contributed by atoms with Gasteiger partial charge in [0.2, 0.25) is 0 Å². The molecule has 106 valence electrons. The normalized spacial score (nSPS) is 34.3. The summed E-state index contributed by atoms with van der Waals surface area (Å²) >= 11 is 0. The third-order valence-electron chi connectivity index (χ3n) is 4.78. The van der Waals surface area contributed by atoms with Crippen molar-refractivity contribution in [1.29, 1.82) is 0 Å². The van der Waals surface area contributed by atoms with Crippen molar-refractivity contribution < 1.29 is 19.8 Å². The lowest BCUT2D eigenvalue weighted by molar-refractivity contribution is -0.139. The van der Waals surface area contributed by atoms with Gasteiger partial charge >= 0.3 is 12.0 Å². The lowest BCUT2D eigenvalue weighted by Crippen LogP contribution is -2.55. The van der Waals surface area contributed by atoms with Gasteiger partial charge in [-0.15, -0.1) is 0 Å². The standard InChI is InChI=1S/C13H20N2O4/c16-11-2-1-9-6-15(7-10(9)11)13(19)14-4-8(5-14)3-12(17)18/h8-11,16H,1-7H2,(H,17,18). The van der Waals surface area contributed by atoms with Crippen LogP contribution in [0.25, 0.3) is 0 Å². The van der Waals surface area contributed by atoms with Crippen LogP contribution in [0.4, 0.5) is 4.79 Å². The van der Waals surface area contributed by atoms with E-state index in [0.29, 0.717) is 25.6 Å². The Morgan fingerprint density at radius 2 is 1.74 bits per heavy atom. The molecule has 3 fully saturated rings. The summed E-state index contributed by atoms with van der Waals surface area (Å²) < 4.78 is 0. The SMILES string of the molecule is O=C(O)CC1CN(C(=O)N2CC3CCC(O)C3C2)C1. The number of hydrogen-bond donors (Lipinski definition) is 2. The molecule has 2 N–H and O–H groups in total. The molecule has 1 aliphatic carbocycles. The van der Waals surface area contributed by atoms with Crippen LogP contribution in [0.5, 0.6) is 0 Å². The summed E-state index contributed by atoms with van der Waals surface area (Å²) in [5.74, 6) is 0.0140. The first-order valence-electron chi connectivity index (χ1n) is 6.98. The number of aliphatic hydroxyl groups excluding tert-OH is 1. The first-order valence-corrected chi connectivity index (χ1v) is 6.98. The molecule has 2 saturated heterocycles. The molecule has 0 aromatic rings. The molecule has 6 nitrogen and oxygen atoms in total. The maximum atomic E-state index is 12.2. The Bertz CT molecular complexity index is 394. The van der Waals surface area contributed by atoms with Gasteiger partial charge in [0.05, 0.1) is 12.5 Å². The Kier molecular flexibility index (Phi) is 3.12. The molecule has 2 aliphatic heterocycles. The van der Waals surface area contributed by atoms with Gasteiger partial charge in [-0.3, -0.25) is 4.79 Å². The van der Waals surface area contributed by atoms with Crippen LogP contribution in [-0.2, 0) is 4.79 Å². The highest BCUT2D eigenvalue weighted by atomic mass is 16.4. The number of carboxylic acid groups (broad SMARTS) is 1. The van der Waals surface area contributed by atoms with Crippen LogP contribution in [0, 0.1) is 17.8 Å². The molecule has 3 unspecified atom stereocenters. The van der Waals surface area contributed by atoms with E-state index in [1.165, 1.54) is 0 Å². The molecule has 19 heavy (non-hydrogen) atoms. The molecule has 1 saturated carbocycles. The van der Waals surface area contributed by atoms with Crippen molar-refractivity contribution in [3.63, 3.8) is 0 Å². The van der Waals surface area contributed by atoms with E-state index < -0.39 is 5.97 Å². The van der Waals surface area contributed by atoms with Gasteiger partial charge in [0.1, 0.15) is 0 Å². The number of aliphatic carboxylic acids is 1. The van der Waals surface area contributed by atoms with Crippen molar-refractivity contribution >= 4 is 12.0 Å². The number of likely N-dealkylation sites (tertiary alicyclic amines) is 2. The van der Waals surface area contributed by atoms with Crippen LogP contribution < -0.4 is 0 Å². The predicted molar refractivity (Wildman–Crippen MR) is 66.5 cm³/mol. The highest BCUT2D eigenvalue weighted by molar-refractivity contribution is 5.76. The van der Waals surface area contributed by atoms with Crippen LogP contribution in [0.2, 0.25) is 0 Å². The largest absolute Gasteiger partial charge is 0.481 e. The van der Waals surface area contributed by atoms with E-state index in [1.54, 1.807) is 4.90 Å². The zero-order chi connectivity index (χ0) is 13.6. The maximum absolute atomic E-state index is 12.2. The summed E-state index contributed by atoms with van der Waals surface area (Å²) in [6.07, 6.45) is 1.77. The quantitative estimate of drug-likeness (QED) is 0.750. The number of urea groups is 1. The fraction of sp³-hybridized carbons (Fsp3) is 0.846. The average molecular weight is 268 g/mol. The van der Waals surface area contributed by atoms with Gasteiger partial charge in [0.15, 0.2) is 0 Å². The van der Waals surface area contributed by atoms with Gasteiger partial charge in [0, 0.05) is 38.0 Å². The number of rotatable bonds is 2. The molecule has 0 radical (unpaired) electrons. The van der Waals surface area contributed by atoms with Crippen molar-refractivity contribution in [2.75, 3.05) is 26.2 Å². The van der Waals surface area contributed by atoms with Gasteiger partial charge in [-0.1, -0.05) is 0 Å². The van der Waals surface area contributed by atoms with E-state index in [-0.39, 0.29) is 30.4 Å². The molecule has 3 aliphatic rings. The minimum absolute atomic E-state index is 0.0169. The third-order valence-corrected chi connectivity index (χ3v) is 4.78. The summed E-state index contributed by atoms with van der Waals surface area (Å²) in [7, 11) is 0. The van der Waals surface area contributed by atoms with Gasteiger partial charge in [-0.2, -0.15) is 0 Å². The molecule has 0 aromatic heterocycles. The highest BCUT2D eigenvalue weighted by Gasteiger charge is 2.45. The summed E-state index contributed by atoms with van der Waals surface area (Å²) in [6, 6.07) is 0.0169. The van der Waals surface area contributed by atoms with E-state index in [1.807, 2.05) is 4.90 Å². The Labute approximate surface area is 112 Å². The minimum atomic E-state index is -0.795. The Balaban J connectivity index is 1.49. The number of hydrogen-bond acceptors (Lipinski definition) is 3. The molecular formula is C13H20N2O4. The Morgan fingerprint density at radius 3 is 2.37 bits per heavy atom. The van der Waals surface area contributed by atoms with Crippen molar-refractivity contribution in [1.82, 2.24) is 9.80 Å². The summed E-state index contributed by atoms with van der Waals surface area (Å²) in [4.78, 5) is 26.3. The molecule has 0 aromatic carbocycles. The van der Waals surface area contributed by atoms with E-state index in [4.69, 9.17) is 5.11 Å². The highest BCUT2D eigenvalue weighted by Crippen LogP contribution is 2.38. The van der Waals surface area contributed by atoms with E-state index in [9.17, 15) is 14.7 Å². The van der Waals surface area contributed by atoms with Crippen LogP contribution in [0.3, 0.4) is 0 Å². The van der Waals surface area contributed by atoms with E-state index >= 15 is 0 Å². The van der Waals surface area contributed by atoms with Crippen molar-refractivity contribution in [2.24, 2.45) is 17.8 Å². The third kappa shape index (κ3) is 2.29. The molecular weight excluding hydrogens is 248 g/mol. The van der Waals surface area contributed by atoms with Crippen molar-refractivity contribution in [3.05, 3.63) is 0 Å². The maximum Gasteiger partial charge on any atom is 0.320 e. The zero-order valence-corrected chi connectivity index (χ0v) is 10.9. The topological polar surface area (TPSA) is 81.1 Å². The summed E-state index contributed by atoms with van der Waals surface area (Å²) in [5.41, 5.74) is 0. The van der Waals surface area contributed by atoms with Crippen molar-refractivity contribution in [2.45, 2.75) is 25.4 Å². The fourth-order valence-electron chi connectivity index (χ4n) is 3.69. The fourth-order valence-corrected chi connectivity index (χ4v) is 3.69. The van der Waals surface area contributed by atoms with E-state index in [2.05, 4.69) is 0 Å². The van der Waals surface area contributed by atoms with Gasteiger partial charge in [0.25, 0.3) is 0 Å².